The minimum atomic E-state index is 0.609. The molecule has 0 saturated heterocycles. The lowest BCUT2D eigenvalue weighted by atomic mass is 10.2. The van der Waals surface area contributed by atoms with E-state index in [2.05, 4.69) is 9.69 Å². The van der Waals surface area contributed by atoms with Crippen LogP contribution in [0.4, 0.5) is 10.8 Å². The van der Waals surface area contributed by atoms with E-state index in [-0.39, 0.29) is 0 Å². The summed E-state index contributed by atoms with van der Waals surface area (Å²) in [5, 5.41) is 5.28. The van der Waals surface area contributed by atoms with E-state index in [1.165, 1.54) is 29.9 Å². The van der Waals surface area contributed by atoms with Gasteiger partial charge in [-0.25, -0.2) is 0 Å². The molecule has 1 fully saturated rings. The summed E-state index contributed by atoms with van der Waals surface area (Å²) in [7, 11) is 0. The van der Waals surface area contributed by atoms with Crippen LogP contribution in [0.5, 0.6) is 0 Å². The van der Waals surface area contributed by atoms with Gasteiger partial charge in [-0.15, -0.1) is 0 Å². The van der Waals surface area contributed by atoms with E-state index >= 15 is 0 Å². The van der Waals surface area contributed by atoms with Gasteiger partial charge in [0.1, 0.15) is 10.8 Å². The Kier molecular flexibility index (Phi) is 3.14. The maximum Gasteiger partial charge on any atom is 0.142 e. The number of rotatable bonds is 4. The van der Waals surface area contributed by atoms with Crippen LogP contribution in [0, 0.1) is 0 Å². The highest BCUT2D eigenvalue weighted by Crippen LogP contribution is 2.47. The van der Waals surface area contributed by atoms with Gasteiger partial charge in [-0.05, 0) is 41.9 Å². The van der Waals surface area contributed by atoms with Gasteiger partial charge in [-0.3, -0.25) is 0 Å². The molecule has 1 aliphatic rings. The van der Waals surface area contributed by atoms with E-state index in [1.807, 2.05) is 24.3 Å². The van der Waals surface area contributed by atoms with Gasteiger partial charge < -0.3 is 11.1 Å². The van der Waals surface area contributed by atoms with Crippen LogP contribution in [0.25, 0.3) is 0 Å². The molecule has 3 nitrogen and oxygen atoms in total. The molecular formula is C13H14ClN3S. The normalized spacial score (nSPS) is 14.7. The third-order valence-electron chi connectivity index (χ3n) is 3.14. The van der Waals surface area contributed by atoms with E-state index in [4.69, 9.17) is 17.3 Å². The quantitative estimate of drug-likeness (QED) is 0.893. The van der Waals surface area contributed by atoms with Gasteiger partial charge in [0.25, 0.3) is 0 Å². The fourth-order valence-corrected chi connectivity index (χ4v) is 3.02. The minimum Gasteiger partial charge on any atom is -0.383 e. The van der Waals surface area contributed by atoms with Crippen molar-refractivity contribution in [2.24, 2.45) is 0 Å². The second-order valence-electron chi connectivity index (χ2n) is 4.53. The van der Waals surface area contributed by atoms with Gasteiger partial charge in [-0.2, -0.15) is 4.37 Å². The number of benzene rings is 1. The van der Waals surface area contributed by atoms with Gasteiger partial charge >= 0.3 is 0 Å². The zero-order chi connectivity index (χ0) is 12.5. The predicted octanol–water partition coefficient (Wildman–Crippen LogP) is 3.87. The Morgan fingerprint density at radius 3 is 2.89 bits per heavy atom. The predicted molar refractivity (Wildman–Crippen MR) is 77.3 cm³/mol. The number of nitrogens with two attached hydrogens (primary N) is 1. The van der Waals surface area contributed by atoms with Crippen molar-refractivity contribution in [3.63, 3.8) is 0 Å². The van der Waals surface area contributed by atoms with Crippen molar-refractivity contribution in [3.8, 4) is 0 Å². The first-order valence-corrected chi connectivity index (χ1v) is 7.13. The third kappa shape index (κ3) is 2.31. The standard InChI is InChI=1S/C13H14ClN3S/c14-10-4-2-1-3-9(10)7-16-13-11(8-5-6-8)12(15)17-18-13/h1-4,8,16H,5-7H2,(H2,15,17). The summed E-state index contributed by atoms with van der Waals surface area (Å²) >= 11 is 7.57. The van der Waals surface area contributed by atoms with Crippen molar-refractivity contribution < 1.29 is 0 Å². The molecule has 0 unspecified atom stereocenters. The summed E-state index contributed by atoms with van der Waals surface area (Å²) in [6.45, 7) is 0.709. The van der Waals surface area contributed by atoms with Crippen LogP contribution in [0.15, 0.2) is 24.3 Å². The fraction of sp³-hybridized carbons (Fsp3) is 0.308. The Morgan fingerprint density at radius 2 is 2.17 bits per heavy atom. The minimum absolute atomic E-state index is 0.609. The number of anilines is 2. The lowest BCUT2D eigenvalue weighted by Gasteiger charge is -2.07. The molecule has 2 aromatic rings. The number of hydrogen-bond donors (Lipinski definition) is 2. The summed E-state index contributed by atoms with van der Waals surface area (Å²) in [6.07, 6.45) is 2.45. The maximum absolute atomic E-state index is 6.13. The van der Waals surface area contributed by atoms with E-state index < -0.39 is 0 Å². The Bertz CT molecular complexity index is 563. The van der Waals surface area contributed by atoms with E-state index in [0.717, 1.165) is 15.6 Å². The van der Waals surface area contributed by atoms with Crippen LogP contribution < -0.4 is 11.1 Å². The molecule has 1 aliphatic carbocycles. The van der Waals surface area contributed by atoms with Gasteiger partial charge in [0.15, 0.2) is 0 Å². The van der Waals surface area contributed by atoms with Crippen molar-refractivity contribution in [2.75, 3.05) is 11.1 Å². The lowest BCUT2D eigenvalue weighted by Crippen LogP contribution is -2.01. The number of hydrogen-bond acceptors (Lipinski definition) is 4. The first-order chi connectivity index (χ1) is 8.75. The number of nitrogens with zero attached hydrogens (tertiary/aromatic N) is 1. The van der Waals surface area contributed by atoms with Crippen LogP contribution in [-0.4, -0.2) is 4.37 Å². The summed E-state index contributed by atoms with van der Waals surface area (Å²) in [6, 6.07) is 7.86. The first kappa shape index (κ1) is 11.8. The monoisotopic (exact) mass is 279 g/mol. The molecule has 0 bridgehead atoms. The van der Waals surface area contributed by atoms with Gasteiger partial charge in [-0.1, -0.05) is 29.8 Å². The Hall–Kier alpha value is -1.26. The smallest absolute Gasteiger partial charge is 0.142 e. The van der Waals surface area contributed by atoms with Gasteiger partial charge in [0, 0.05) is 17.1 Å². The highest BCUT2D eigenvalue weighted by molar-refractivity contribution is 7.10. The van der Waals surface area contributed by atoms with E-state index in [9.17, 15) is 0 Å². The van der Waals surface area contributed by atoms with Crippen molar-refractivity contribution in [1.82, 2.24) is 4.37 Å². The molecule has 0 atom stereocenters. The maximum atomic E-state index is 6.13. The molecule has 1 aromatic heterocycles. The molecule has 0 aliphatic heterocycles. The largest absolute Gasteiger partial charge is 0.383 e. The second kappa shape index (κ2) is 4.78. The van der Waals surface area contributed by atoms with Crippen LogP contribution >= 0.6 is 23.1 Å². The fourth-order valence-electron chi connectivity index (χ4n) is 2.02. The molecule has 1 saturated carbocycles. The van der Waals surface area contributed by atoms with Crippen LogP contribution in [-0.2, 0) is 6.54 Å². The highest BCUT2D eigenvalue weighted by Gasteiger charge is 2.30. The van der Waals surface area contributed by atoms with E-state index in [1.54, 1.807) is 0 Å². The molecule has 3 N–H and O–H groups in total. The zero-order valence-electron chi connectivity index (χ0n) is 9.82. The van der Waals surface area contributed by atoms with Crippen LogP contribution in [0.2, 0.25) is 5.02 Å². The summed E-state index contributed by atoms with van der Waals surface area (Å²) in [5.41, 5.74) is 8.21. The Morgan fingerprint density at radius 1 is 1.39 bits per heavy atom. The van der Waals surface area contributed by atoms with E-state index in [0.29, 0.717) is 18.3 Å². The number of aromatic nitrogens is 1. The molecule has 0 amide bonds. The molecule has 0 spiro atoms. The number of halogens is 1. The van der Waals surface area contributed by atoms with Crippen molar-refractivity contribution in [2.45, 2.75) is 25.3 Å². The average molecular weight is 280 g/mol. The Labute approximate surface area is 115 Å². The number of nitrogen functional groups attached to an aromatic ring is 1. The topological polar surface area (TPSA) is 50.9 Å². The van der Waals surface area contributed by atoms with Crippen LogP contribution in [0.1, 0.15) is 29.9 Å². The van der Waals surface area contributed by atoms with Crippen molar-refractivity contribution in [3.05, 3.63) is 40.4 Å². The second-order valence-corrected chi connectivity index (χ2v) is 5.71. The molecule has 0 radical (unpaired) electrons. The summed E-state index contributed by atoms with van der Waals surface area (Å²) in [5.74, 6) is 1.29. The van der Waals surface area contributed by atoms with Gasteiger partial charge in [0.05, 0.1) is 0 Å². The molecule has 5 heteroatoms. The lowest BCUT2D eigenvalue weighted by molar-refractivity contribution is 1.10. The highest BCUT2D eigenvalue weighted by atomic mass is 35.5. The number of nitrogens with one attached hydrogen (secondary N) is 1. The van der Waals surface area contributed by atoms with Crippen LogP contribution in [0.3, 0.4) is 0 Å². The summed E-state index contributed by atoms with van der Waals surface area (Å²) in [4.78, 5) is 0. The summed E-state index contributed by atoms with van der Waals surface area (Å²) < 4.78 is 4.24. The molecular weight excluding hydrogens is 266 g/mol. The van der Waals surface area contributed by atoms with Crippen molar-refractivity contribution in [1.29, 1.82) is 0 Å². The molecule has 94 valence electrons. The molecule has 1 aromatic carbocycles. The average Bonchev–Trinajstić information content (AvgIpc) is 3.13. The van der Waals surface area contributed by atoms with Gasteiger partial charge in [0.2, 0.25) is 0 Å². The SMILES string of the molecule is Nc1nsc(NCc2ccccc2Cl)c1C1CC1. The third-order valence-corrected chi connectivity index (χ3v) is 4.34. The molecule has 3 rings (SSSR count). The van der Waals surface area contributed by atoms with Crippen molar-refractivity contribution >= 4 is 34.0 Å². The molecule has 18 heavy (non-hydrogen) atoms. The molecule has 1 heterocycles. The Balaban J connectivity index is 1.76. The first-order valence-electron chi connectivity index (χ1n) is 5.98. The zero-order valence-corrected chi connectivity index (χ0v) is 11.4.